The summed E-state index contributed by atoms with van der Waals surface area (Å²) in [7, 11) is 0. The molecule has 1 N–H and O–H groups in total. The van der Waals surface area contributed by atoms with Gasteiger partial charge in [0.05, 0.1) is 0 Å². The average Bonchev–Trinajstić information content (AvgIpc) is 2.43. The Bertz CT molecular complexity index is 378. The van der Waals surface area contributed by atoms with Crippen LogP contribution in [0.15, 0.2) is 12.2 Å². The lowest BCUT2D eigenvalue weighted by atomic mass is 9.57. The van der Waals surface area contributed by atoms with Gasteiger partial charge in [-0.2, -0.15) is 0 Å². The molecule has 0 radical (unpaired) electrons. The van der Waals surface area contributed by atoms with Gasteiger partial charge in [-0.1, -0.05) is 12.2 Å². The maximum absolute atomic E-state index is 11.9. The molecule has 3 nitrogen and oxygen atoms in total. The number of fused-ring (bicyclic) bond motifs is 3. The molecule has 0 aromatic carbocycles. The van der Waals surface area contributed by atoms with Gasteiger partial charge in [-0.25, -0.2) is 0 Å². The summed E-state index contributed by atoms with van der Waals surface area (Å²) < 4.78 is 0. The highest BCUT2D eigenvalue weighted by Crippen LogP contribution is 2.50. The Balaban J connectivity index is 1.82. The minimum absolute atomic E-state index is 0.245. The lowest BCUT2D eigenvalue weighted by Crippen LogP contribution is -2.43. The van der Waals surface area contributed by atoms with E-state index in [1.807, 2.05) is 0 Å². The highest BCUT2D eigenvalue weighted by Gasteiger charge is 2.44. The van der Waals surface area contributed by atoms with E-state index in [1.165, 1.54) is 25.7 Å². The number of allylic oxidation sites excluding steroid dienone is 2. The second-order valence-electron chi connectivity index (χ2n) is 6.47. The molecule has 3 heteroatoms. The number of carbonyl (C=O) groups is 2. The molecular weight excluding hydrogens is 252 g/mol. The third kappa shape index (κ3) is 3.71. The van der Waals surface area contributed by atoms with Crippen LogP contribution in [0.25, 0.3) is 0 Å². The summed E-state index contributed by atoms with van der Waals surface area (Å²) in [4.78, 5) is 22.3. The zero-order valence-electron chi connectivity index (χ0n) is 12.4. The SMILES string of the molecule is CC(=O)[C@H]1C2CCC(CC2)[C@@H]1C/C=C\CCCC(=O)O. The van der Waals surface area contributed by atoms with Crippen LogP contribution in [0, 0.1) is 23.7 Å². The molecule has 0 aliphatic heterocycles. The fourth-order valence-electron chi connectivity index (χ4n) is 4.29. The van der Waals surface area contributed by atoms with Crippen LogP contribution in [-0.4, -0.2) is 16.9 Å². The van der Waals surface area contributed by atoms with Gasteiger partial charge < -0.3 is 5.11 Å². The van der Waals surface area contributed by atoms with Crippen molar-refractivity contribution >= 4 is 11.8 Å². The molecule has 0 saturated heterocycles. The minimum atomic E-state index is -0.723. The minimum Gasteiger partial charge on any atom is -0.481 e. The maximum atomic E-state index is 11.9. The number of aliphatic carboxylic acids is 1. The molecule has 2 atom stereocenters. The topological polar surface area (TPSA) is 54.4 Å². The fraction of sp³-hybridized carbons (Fsp3) is 0.765. The van der Waals surface area contributed by atoms with Crippen LogP contribution in [-0.2, 0) is 9.59 Å². The second kappa shape index (κ2) is 7.05. The van der Waals surface area contributed by atoms with Gasteiger partial charge in [0.2, 0.25) is 0 Å². The predicted molar refractivity (Wildman–Crippen MR) is 78.4 cm³/mol. The molecule has 3 saturated carbocycles. The summed E-state index contributed by atoms with van der Waals surface area (Å²) in [5.74, 6) is 1.84. The van der Waals surface area contributed by atoms with Gasteiger partial charge in [-0.15, -0.1) is 0 Å². The van der Waals surface area contributed by atoms with E-state index >= 15 is 0 Å². The molecule has 20 heavy (non-hydrogen) atoms. The van der Waals surface area contributed by atoms with Crippen molar-refractivity contribution in [3.63, 3.8) is 0 Å². The van der Waals surface area contributed by atoms with Crippen molar-refractivity contribution in [1.82, 2.24) is 0 Å². The average molecular weight is 278 g/mol. The van der Waals surface area contributed by atoms with Gasteiger partial charge in [0.15, 0.2) is 0 Å². The van der Waals surface area contributed by atoms with E-state index in [-0.39, 0.29) is 12.3 Å². The number of Topliss-reactive ketones (excluding diaryl/α,β-unsaturated/α-hetero) is 1. The number of carboxylic acid groups (broad SMARTS) is 1. The highest BCUT2D eigenvalue weighted by atomic mass is 16.4. The van der Waals surface area contributed by atoms with Gasteiger partial charge in [-0.3, -0.25) is 9.59 Å². The van der Waals surface area contributed by atoms with E-state index in [4.69, 9.17) is 5.11 Å². The largest absolute Gasteiger partial charge is 0.481 e. The van der Waals surface area contributed by atoms with E-state index in [1.54, 1.807) is 6.92 Å². The predicted octanol–water partition coefficient (Wildman–Crippen LogP) is 3.83. The Labute approximate surface area is 121 Å². The monoisotopic (exact) mass is 278 g/mol. The number of carbonyl (C=O) groups excluding carboxylic acids is 1. The molecule has 0 aromatic heterocycles. The van der Waals surface area contributed by atoms with Gasteiger partial charge in [0, 0.05) is 12.3 Å². The molecule has 0 heterocycles. The Hall–Kier alpha value is -1.12. The Morgan fingerprint density at radius 1 is 1.10 bits per heavy atom. The van der Waals surface area contributed by atoms with E-state index in [0.29, 0.717) is 24.0 Å². The maximum Gasteiger partial charge on any atom is 0.303 e. The normalized spacial score (nSPS) is 32.6. The standard InChI is InChI=1S/C17H26O3/c1-12(18)17-14-10-8-13(9-11-14)15(17)6-4-2-3-5-7-16(19)20/h2,4,13-15,17H,3,5-11H2,1H3,(H,19,20)/b4-2-/t13?,14?,15-,17-/m0/s1. The van der Waals surface area contributed by atoms with E-state index in [9.17, 15) is 9.59 Å². The molecule has 3 rings (SSSR count). The van der Waals surface area contributed by atoms with Crippen molar-refractivity contribution < 1.29 is 14.7 Å². The van der Waals surface area contributed by atoms with Crippen molar-refractivity contribution in [3.8, 4) is 0 Å². The summed E-state index contributed by atoms with van der Waals surface area (Å²) in [6.45, 7) is 1.76. The molecule has 0 amide bonds. The number of unbranched alkanes of at least 4 members (excludes halogenated alkanes) is 1. The second-order valence-corrected chi connectivity index (χ2v) is 6.47. The van der Waals surface area contributed by atoms with Gasteiger partial charge in [0.1, 0.15) is 5.78 Å². The van der Waals surface area contributed by atoms with Crippen molar-refractivity contribution in [1.29, 1.82) is 0 Å². The Morgan fingerprint density at radius 2 is 1.75 bits per heavy atom. The first-order valence-corrected chi connectivity index (χ1v) is 7.97. The van der Waals surface area contributed by atoms with Crippen LogP contribution in [0.3, 0.4) is 0 Å². The summed E-state index contributed by atoms with van der Waals surface area (Å²) in [6, 6.07) is 0. The summed E-state index contributed by atoms with van der Waals surface area (Å²) in [5.41, 5.74) is 0. The number of ketones is 1. The first-order valence-electron chi connectivity index (χ1n) is 7.97. The zero-order chi connectivity index (χ0) is 14.5. The smallest absolute Gasteiger partial charge is 0.303 e. The molecule has 3 aliphatic carbocycles. The van der Waals surface area contributed by atoms with Crippen molar-refractivity contribution in [2.75, 3.05) is 0 Å². The summed E-state index contributed by atoms with van der Waals surface area (Å²) in [5, 5.41) is 8.58. The van der Waals surface area contributed by atoms with Crippen molar-refractivity contribution in [3.05, 3.63) is 12.2 Å². The summed E-state index contributed by atoms with van der Waals surface area (Å²) in [6.07, 6.45) is 12.1. The molecule has 0 spiro atoms. The first kappa shape index (κ1) is 15.3. The number of hydrogen-bond donors (Lipinski definition) is 1. The van der Waals surface area contributed by atoms with Crippen LogP contribution in [0.4, 0.5) is 0 Å². The van der Waals surface area contributed by atoms with Gasteiger partial charge >= 0.3 is 5.97 Å². The molecule has 112 valence electrons. The van der Waals surface area contributed by atoms with Crippen LogP contribution in [0.1, 0.15) is 58.3 Å². The van der Waals surface area contributed by atoms with Crippen LogP contribution in [0.2, 0.25) is 0 Å². The molecular formula is C17H26O3. The molecule has 3 aliphatic rings. The van der Waals surface area contributed by atoms with Crippen LogP contribution in [0.5, 0.6) is 0 Å². The highest BCUT2D eigenvalue weighted by molar-refractivity contribution is 5.79. The van der Waals surface area contributed by atoms with E-state index in [0.717, 1.165) is 18.8 Å². The summed E-state index contributed by atoms with van der Waals surface area (Å²) >= 11 is 0. The molecule has 3 fully saturated rings. The third-order valence-corrected chi connectivity index (χ3v) is 5.20. The number of carboxylic acids is 1. The van der Waals surface area contributed by atoms with Crippen LogP contribution >= 0.6 is 0 Å². The zero-order valence-corrected chi connectivity index (χ0v) is 12.4. The Morgan fingerprint density at radius 3 is 2.35 bits per heavy atom. The van der Waals surface area contributed by atoms with Crippen molar-refractivity contribution in [2.45, 2.75) is 58.3 Å². The van der Waals surface area contributed by atoms with E-state index < -0.39 is 5.97 Å². The number of hydrogen-bond acceptors (Lipinski definition) is 2. The van der Waals surface area contributed by atoms with E-state index in [2.05, 4.69) is 12.2 Å². The molecule has 2 bridgehead atoms. The fourth-order valence-corrected chi connectivity index (χ4v) is 4.29. The first-order chi connectivity index (χ1) is 9.59. The molecule has 0 unspecified atom stereocenters. The Kier molecular flexibility index (Phi) is 5.38. The van der Waals surface area contributed by atoms with Gasteiger partial charge in [0.25, 0.3) is 0 Å². The lowest BCUT2D eigenvalue weighted by molar-refractivity contribution is -0.137. The number of rotatable bonds is 7. The molecule has 0 aromatic rings. The van der Waals surface area contributed by atoms with Crippen molar-refractivity contribution in [2.24, 2.45) is 23.7 Å². The third-order valence-electron chi connectivity index (χ3n) is 5.20. The quantitative estimate of drug-likeness (QED) is 0.569. The van der Waals surface area contributed by atoms with Gasteiger partial charge in [-0.05, 0) is 69.6 Å². The lowest BCUT2D eigenvalue weighted by Gasteiger charge is -2.47. The van der Waals surface area contributed by atoms with Crippen LogP contribution < -0.4 is 0 Å².